The zero-order valence-corrected chi connectivity index (χ0v) is 10.6. The molecule has 0 radical (unpaired) electrons. The van der Waals surface area contributed by atoms with Gasteiger partial charge in [-0.3, -0.25) is 4.79 Å². The number of carbonyl (C=O) groups is 1. The van der Waals surface area contributed by atoms with Gasteiger partial charge in [-0.1, -0.05) is 13.0 Å². The van der Waals surface area contributed by atoms with Gasteiger partial charge in [-0.2, -0.15) is 0 Å². The first-order chi connectivity index (χ1) is 7.95. The maximum absolute atomic E-state index is 11.2. The molecule has 0 unspecified atom stereocenters. The average Bonchev–Trinajstić information content (AvgIpc) is 2.26. The highest BCUT2D eigenvalue weighted by Gasteiger charge is 2.24. The van der Waals surface area contributed by atoms with Crippen molar-refractivity contribution in [2.45, 2.75) is 32.7 Å². The Morgan fingerprint density at radius 2 is 2.06 bits per heavy atom. The van der Waals surface area contributed by atoms with Crippen LogP contribution in [0.15, 0.2) is 18.2 Å². The predicted octanol–water partition coefficient (Wildman–Crippen LogP) is 1.58. The van der Waals surface area contributed by atoms with E-state index in [1.54, 1.807) is 13.8 Å². The van der Waals surface area contributed by atoms with Gasteiger partial charge in [-0.15, -0.1) is 0 Å². The van der Waals surface area contributed by atoms with Crippen molar-refractivity contribution < 1.29 is 4.79 Å². The molecule has 0 aliphatic heterocycles. The molecule has 5 heteroatoms. The lowest BCUT2D eigenvalue weighted by molar-refractivity contribution is -0.121. The molecule has 5 nitrogen and oxygen atoms in total. The maximum Gasteiger partial charge on any atom is 0.242 e. The Hall–Kier alpha value is -1.78. The van der Waals surface area contributed by atoms with Gasteiger partial charge in [0, 0.05) is 6.54 Å². The third kappa shape index (κ3) is 3.94. The molecule has 4 N–H and O–H groups in total. The fourth-order valence-corrected chi connectivity index (χ4v) is 1.24. The van der Waals surface area contributed by atoms with Crippen LogP contribution in [0.2, 0.25) is 0 Å². The maximum atomic E-state index is 11.2. The summed E-state index contributed by atoms with van der Waals surface area (Å²) in [6.45, 7) is 6.41. The summed E-state index contributed by atoms with van der Waals surface area (Å²) in [7, 11) is 0. The van der Waals surface area contributed by atoms with E-state index in [1.807, 2.05) is 18.2 Å². The molecular weight excluding hydrogens is 216 g/mol. The monoisotopic (exact) mass is 236 g/mol. The molecule has 94 valence electrons. The first kappa shape index (κ1) is 13.3. The minimum atomic E-state index is -0.809. The SMILES string of the molecule is CCCNc1cccc(NC(C)(C)C(N)=O)n1. The van der Waals surface area contributed by atoms with Gasteiger partial charge in [-0.05, 0) is 32.4 Å². The van der Waals surface area contributed by atoms with Crippen LogP contribution in [0.1, 0.15) is 27.2 Å². The summed E-state index contributed by atoms with van der Waals surface area (Å²) in [5.74, 6) is 1.01. The molecule has 1 amide bonds. The number of primary amides is 1. The van der Waals surface area contributed by atoms with E-state index in [4.69, 9.17) is 5.73 Å². The van der Waals surface area contributed by atoms with Gasteiger partial charge in [0.2, 0.25) is 5.91 Å². The number of nitrogens with two attached hydrogens (primary N) is 1. The smallest absolute Gasteiger partial charge is 0.242 e. The van der Waals surface area contributed by atoms with Crippen LogP contribution >= 0.6 is 0 Å². The van der Waals surface area contributed by atoms with Crippen molar-refractivity contribution in [2.24, 2.45) is 5.73 Å². The number of aromatic nitrogens is 1. The number of hydrogen-bond donors (Lipinski definition) is 3. The second kappa shape index (κ2) is 5.52. The minimum Gasteiger partial charge on any atom is -0.370 e. The largest absolute Gasteiger partial charge is 0.370 e. The summed E-state index contributed by atoms with van der Waals surface area (Å²) in [5.41, 5.74) is 4.48. The number of amides is 1. The van der Waals surface area contributed by atoms with E-state index >= 15 is 0 Å². The Morgan fingerprint density at radius 1 is 1.41 bits per heavy atom. The molecule has 0 aliphatic rings. The van der Waals surface area contributed by atoms with Crippen molar-refractivity contribution in [3.05, 3.63) is 18.2 Å². The molecule has 0 aromatic carbocycles. The summed E-state index contributed by atoms with van der Waals surface area (Å²) in [6, 6.07) is 5.57. The lowest BCUT2D eigenvalue weighted by Gasteiger charge is -2.23. The molecule has 0 spiro atoms. The molecular formula is C12H20N4O. The van der Waals surface area contributed by atoms with Crippen molar-refractivity contribution in [2.75, 3.05) is 17.2 Å². The molecule has 0 saturated heterocycles. The topological polar surface area (TPSA) is 80.0 Å². The molecule has 0 aliphatic carbocycles. The van der Waals surface area contributed by atoms with Gasteiger partial charge < -0.3 is 16.4 Å². The molecule has 1 heterocycles. The third-order valence-electron chi connectivity index (χ3n) is 2.36. The van der Waals surface area contributed by atoms with Crippen LogP contribution in [-0.2, 0) is 4.79 Å². The van der Waals surface area contributed by atoms with Gasteiger partial charge in [-0.25, -0.2) is 4.98 Å². The van der Waals surface area contributed by atoms with Gasteiger partial charge in [0.1, 0.15) is 17.2 Å². The molecule has 1 aromatic heterocycles. The second-order valence-corrected chi connectivity index (χ2v) is 4.45. The molecule has 0 fully saturated rings. The van der Waals surface area contributed by atoms with Crippen LogP contribution < -0.4 is 16.4 Å². The number of rotatable bonds is 6. The fourth-order valence-electron chi connectivity index (χ4n) is 1.24. The Morgan fingerprint density at radius 3 is 2.65 bits per heavy atom. The fraction of sp³-hybridized carbons (Fsp3) is 0.500. The van der Waals surface area contributed by atoms with E-state index in [0.717, 1.165) is 18.8 Å². The molecule has 1 rings (SSSR count). The summed E-state index contributed by atoms with van der Waals surface area (Å²) in [6.07, 6.45) is 1.03. The van der Waals surface area contributed by atoms with E-state index in [2.05, 4.69) is 22.5 Å². The summed E-state index contributed by atoms with van der Waals surface area (Å²) in [5, 5.41) is 6.19. The van der Waals surface area contributed by atoms with Crippen molar-refractivity contribution >= 4 is 17.5 Å². The number of carbonyl (C=O) groups excluding carboxylic acids is 1. The van der Waals surface area contributed by atoms with Gasteiger partial charge in [0.05, 0.1) is 0 Å². The molecule has 0 saturated carbocycles. The van der Waals surface area contributed by atoms with E-state index < -0.39 is 11.4 Å². The van der Waals surface area contributed by atoms with Crippen LogP contribution in [0.4, 0.5) is 11.6 Å². The van der Waals surface area contributed by atoms with Crippen LogP contribution in [0.3, 0.4) is 0 Å². The highest BCUT2D eigenvalue weighted by molar-refractivity contribution is 5.86. The highest BCUT2D eigenvalue weighted by atomic mass is 16.1. The van der Waals surface area contributed by atoms with Gasteiger partial charge in [0.15, 0.2) is 0 Å². The number of hydrogen-bond acceptors (Lipinski definition) is 4. The summed E-state index contributed by atoms with van der Waals surface area (Å²) < 4.78 is 0. The third-order valence-corrected chi connectivity index (χ3v) is 2.36. The highest BCUT2D eigenvalue weighted by Crippen LogP contribution is 2.14. The first-order valence-electron chi connectivity index (χ1n) is 5.74. The Kier molecular flexibility index (Phi) is 4.31. The lowest BCUT2D eigenvalue weighted by Crippen LogP contribution is -2.45. The zero-order chi connectivity index (χ0) is 12.9. The average molecular weight is 236 g/mol. The first-order valence-corrected chi connectivity index (χ1v) is 5.74. The number of nitrogens with zero attached hydrogens (tertiary/aromatic N) is 1. The zero-order valence-electron chi connectivity index (χ0n) is 10.6. The quantitative estimate of drug-likeness (QED) is 0.700. The van der Waals surface area contributed by atoms with E-state index in [0.29, 0.717) is 5.82 Å². The molecule has 17 heavy (non-hydrogen) atoms. The van der Waals surface area contributed by atoms with E-state index in [-0.39, 0.29) is 0 Å². The standard InChI is InChI=1S/C12H20N4O/c1-4-8-14-9-6-5-7-10(15-9)16-12(2,3)11(13)17/h5-7H,4,8H2,1-3H3,(H2,13,17)(H2,14,15,16). The Bertz CT molecular complexity index is 390. The Balaban J connectivity index is 2.75. The van der Waals surface area contributed by atoms with Crippen molar-refractivity contribution in [3.8, 4) is 0 Å². The predicted molar refractivity (Wildman–Crippen MR) is 69.9 cm³/mol. The lowest BCUT2D eigenvalue weighted by atomic mass is 10.1. The number of pyridine rings is 1. The molecule has 0 atom stereocenters. The van der Waals surface area contributed by atoms with E-state index in [1.165, 1.54) is 0 Å². The van der Waals surface area contributed by atoms with E-state index in [9.17, 15) is 4.79 Å². The van der Waals surface area contributed by atoms with Crippen LogP contribution in [0.5, 0.6) is 0 Å². The summed E-state index contributed by atoms with van der Waals surface area (Å²) in [4.78, 5) is 15.5. The van der Waals surface area contributed by atoms with Crippen LogP contribution in [0.25, 0.3) is 0 Å². The van der Waals surface area contributed by atoms with Crippen LogP contribution in [-0.4, -0.2) is 23.0 Å². The van der Waals surface area contributed by atoms with Crippen LogP contribution in [0, 0.1) is 0 Å². The van der Waals surface area contributed by atoms with Crippen molar-refractivity contribution in [1.82, 2.24) is 4.98 Å². The molecule has 0 bridgehead atoms. The van der Waals surface area contributed by atoms with Gasteiger partial charge in [0.25, 0.3) is 0 Å². The Labute approximate surface area is 102 Å². The second-order valence-electron chi connectivity index (χ2n) is 4.45. The number of nitrogens with one attached hydrogen (secondary N) is 2. The minimum absolute atomic E-state index is 0.411. The number of anilines is 2. The van der Waals surface area contributed by atoms with Crippen molar-refractivity contribution in [3.63, 3.8) is 0 Å². The van der Waals surface area contributed by atoms with Gasteiger partial charge >= 0.3 is 0 Å². The molecule has 1 aromatic rings. The summed E-state index contributed by atoms with van der Waals surface area (Å²) >= 11 is 0. The van der Waals surface area contributed by atoms with Crippen molar-refractivity contribution in [1.29, 1.82) is 0 Å². The normalized spacial score (nSPS) is 11.0.